The summed E-state index contributed by atoms with van der Waals surface area (Å²) in [5, 5.41) is 0.645. The third kappa shape index (κ3) is 4.14. The maximum absolute atomic E-state index is 13.6. The van der Waals surface area contributed by atoms with E-state index in [-0.39, 0.29) is 11.8 Å². The molecule has 0 radical (unpaired) electrons. The fourth-order valence-corrected chi connectivity index (χ4v) is 5.18. The Hall–Kier alpha value is -2.24. The summed E-state index contributed by atoms with van der Waals surface area (Å²) in [5.41, 5.74) is 3.23. The van der Waals surface area contributed by atoms with Crippen LogP contribution in [0.2, 0.25) is 5.02 Å². The zero-order valence-electron chi connectivity index (χ0n) is 17.3. The zero-order valence-corrected chi connectivity index (χ0v) is 18.9. The summed E-state index contributed by atoms with van der Waals surface area (Å²) in [6.45, 7) is 5.56. The van der Waals surface area contributed by atoms with Crippen LogP contribution in [0.3, 0.4) is 0 Å². The molecular weight excluding hydrogens is 416 g/mol. The number of halogens is 1. The maximum Gasteiger partial charge on any atom is 0.283 e. The molecule has 0 aromatic heterocycles. The number of thioether (sulfide) groups is 1. The van der Waals surface area contributed by atoms with Gasteiger partial charge in [-0.3, -0.25) is 9.59 Å². The van der Waals surface area contributed by atoms with Crippen LogP contribution < -0.4 is 4.90 Å². The molecule has 0 bridgehead atoms. The lowest BCUT2D eigenvalue weighted by atomic mass is 10.1. The Morgan fingerprint density at radius 1 is 0.867 bits per heavy atom. The molecule has 2 amide bonds. The molecule has 30 heavy (non-hydrogen) atoms. The summed E-state index contributed by atoms with van der Waals surface area (Å²) in [6, 6.07) is 13.2. The van der Waals surface area contributed by atoms with Crippen molar-refractivity contribution in [2.45, 2.75) is 44.4 Å². The molecule has 2 heterocycles. The van der Waals surface area contributed by atoms with E-state index in [0.29, 0.717) is 21.3 Å². The van der Waals surface area contributed by atoms with Gasteiger partial charge in [0.05, 0.1) is 5.69 Å². The second kappa shape index (κ2) is 8.86. The molecular formula is C24H25ClN2O2S. The molecule has 0 saturated carbocycles. The first-order valence-electron chi connectivity index (χ1n) is 10.3. The first-order valence-corrected chi connectivity index (χ1v) is 11.5. The van der Waals surface area contributed by atoms with Crippen molar-refractivity contribution in [3.8, 4) is 0 Å². The SMILES string of the molecule is Cc1ccc(N2C(=O)C(Sc3ccc(Cl)cc3)=C(N3CCCCCC3)C2=O)c(C)c1. The van der Waals surface area contributed by atoms with Crippen molar-refractivity contribution < 1.29 is 9.59 Å². The summed E-state index contributed by atoms with van der Waals surface area (Å²) in [5.74, 6) is -0.462. The highest BCUT2D eigenvalue weighted by Gasteiger charge is 2.42. The second-order valence-electron chi connectivity index (χ2n) is 7.87. The number of amides is 2. The van der Waals surface area contributed by atoms with Crippen LogP contribution in [-0.2, 0) is 9.59 Å². The third-order valence-electron chi connectivity index (χ3n) is 5.57. The number of benzene rings is 2. The van der Waals surface area contributed by atoms with Crippen molar-refractivity contribution in [2.75, 3.05) is 18.0 Å². The van der Waals surface area contributed by atoms with Crippen LogP contribution in [0, 0.1) is 13.8 Å². The van der Waals surface area contributed by atoms with Crippen molar-refractivity contribution in [1.29, 1.82) is 0 Å². The molecule has 0 unspecified atom stereocenters. The minimum absolute atomic E-state index is 0.217. The topological polar surface area (TPSA) is 40.6 Å². The number of rotatable bonds is 4. The van der Waals surface area contributed by atoms with Gasteiger partial charge < -0.3 is 4.90 Å². The number of carbonyl (C=O) groups is 2. The predicted octanol–water partition coefficient (Wildman–Crippen LogP) is 5.71. The third-order valence-corrected chi connectivity index (χ3v) is 6.90. The second-order valence-corrected chi connectivity index (χ2v) is 9.39. The number of likely N-dealkylation sites (tertiary alicyclic amines) is 1. The van der Waals surface area contributed by atoms with Crippen molar-refractivity contribution in [3.05, 3.63) is 69.2 Å². The standard InChI is InChI=1S/C24H25ClN2O2S/c1-16-7-12-20(17(2)15-16)27-23(28)21(26-13-5-3-4-6-14-26)22(24(27)29)30-19-10-8-18(25)9-11-19/h7-12,15H,3-6,13-14H2,1-2H3. The van der Waals surface area contributed by atoms with Gasteiger partial charge in [-0.2, -0.15) is 0 Å². The number of aryl methyl sites for hydroxylation is 2. The lowest BCUT2D eigenvalue weighted by molar-refractivity contribution is -0.121. The number of carbonyl (C=O) groups excluding carboxylic acids is 2. The summed E-state index contributed by atoms with van der Waals surface area (Å²) in [4.78, 5) is 32.0. The fourth-order valence-electron chi connectivity index (χ4n) is 4.06. The minimum atomic E-state index is -0.244. The highest BCUT2D eigenvalue weighted by molar-refractivity contribution is 8.04. The van der Waals surface area contributed by atoms with Gasteiger partial charge >= 0.3 is 0 Å². The number of imide groups is 1. The van der Waals surface area contributed by atoms with Gasteiger partial charge in [-0.05, 0) is 62.6 Å². The number of nitrogens with zero attached hydrogens (tertiary/aromatic N) is 2. The Balaban J connectivity index is 1.76. The summed E-state index contributed by atoms with van der Waals surface area (Å²) < 4.78 is 0. The fraction of sp³-hybridized carbons (Fsp3) is 0.333. The van der Waals surface area contributed by atoms with Gasteiger partial charge in [0.1, 0.15) is 10.6 Å². The van der Waals surface area contributed by atoms with Crippen molar-refractivity contribution in [1.82, 2.24) is 4.90 Å². The zero-order chi connectivity index (χ0) is 21.3. The highest BCUT2D eigenvalue weighted by atomic mass is 35.5. The number of hydrogen-bond acceptors (Lipinski definition) is 4. The maximum atomic E-state index is 13.6. The smallest absolute Gasteiger partial charge is 0.283 e. The van der Waals surface area contributed by atoms with E-state index >= 15 is 0 Å². The number of anilines is 1. The van der Waals surface area contributed by atoms with E-state index in [4.69, 9.17) is 11.6 Å². The van der Waals surface area contributed by atoms with Gasteiger partial charge in [0.2, 0.25) is 0 Å². The summed E-state index contributed by atoms with van der Waals surface area (Å²) in [7, 11) is 0. The minimum Gasteiger partial charge on any atom is -0.366 e. The van der Waals surface area contributed by atoms with E-state index < -0.39 is 0 Å². The highest BCUT2D eigenvalue weighted by Crippen LogP contribution is 2.40. The van der Waals surface area contributed by atoms with E-state index in [1.54, 1.807) is 12.1 Å². The van der Waals surface area contributed by atoms with Gasteiger partial charge in [0.25, 0.3) is 11.8 Å². The van der Waals surface area contributed by atoms with Crippen LogP contribution in [0.25, 0.3) is 0 Å². The molecule has 0 N–H and O–H groups in total. The van der Waals surface area contributed by atoms with Crippen LogP contribution in [0.5, 0.6) is 0 Å². The van der Waals surface area contributed by atoms with E-state index in [2.05, 4.69) is 4.90 Å². The van der Waals surface area contributed by atoms with Gasteiger partial charge in [-0.15, -0.1) is 0 Å². The van der Waals surface area contributed by atoms with Gasteiger partial charge in [0, 0.05) is 23.0 Å². The molecule has 0 aliphatic carbocycles. The molecule has 6 heteroatoms. The molecule has 4 rings (SSSR count). The summed E-state index contributed by atoms with van der Waals surface area (Å²) in [6.07, 6.45) is 4.39. The molecule has 0 atom stereocenters. The Kier molecular flexibility index (Phi) is 6.21. The Morgan fingerprint density at radius 3 is 2.17 bits per heavy atom. The Bertz CT molecular complexity index is 1010. The average Bonchev–Trinajstić information content (AvgIpc) is 2.89. The quantitative estimate of drug-likeness (QED) is 0.571. The molecule has 156 valence electrons. The van der Waals surface area contributed by atoms with E-state index in [1.807, 2.05) is 44.2 Å². The van der Waals surface area contributed by atoms with Gasteiger partial charge in [-0.25, -0.2) is 4.90 Å². The molecule has 1 fully saturated rings. The van der Waals surface area contributed by atoms with Crippen LogP contribution >= 0.6 is 23.4 Å². The molecule has 2 aromatic carbocycles. The van der Waals surface area contributed by atoms with E-state index in [0.717, 1.165) is 54.8 Å². The summed E-state index contributed by atoms with van der Waals surface area (Å²) >= 11 is 7.38. The lowest BCUT2D eigenvalue weighted by Gasteiger charge is -2.24. The van der Waals surface area contributed by atoms with Crippen molar-refractivity contribution in [2.24, 2.45) is 0 Å². The largest absolute Gasteiger partial charge is 0.366 e. The molecule has 1 saturated heterocycles. The number of hydrogen-bond donors (Lipinski definition) is 0. The normalized spacial score (nSPS) is 17.7. The van der Waals surface area contributed by atoms with Crippen molar-refractivity contribution in [3.63, 3.8) is 0 Å². The van der Waals surface area contributed by atoms with Gasteiger partial charge in [-0.1, -0.05) is 53.9 Å². The molecule has 2 aliphatic rings. The van der Waals surface area contributed by atoms with Crippen LogP contribution in [0.4, 0.5) is 5.69 Å². The van der Waals surface area contributed by atoms with Gasteiger partial charge in [0.15, 0.2) is 0 Å². The molecule has 2 aliphatic heterocycles. The molecule has 4 nitrogen and oxygen atoms in total. The van der Waals surface area contributed by atoms with Crippen molar-refractivity contribution >= 4 is 40.9 Å². The van der Waals surface area contributed by atoms with Crippen LogP contribution in [0.15, 0.2) is 58.0 Å². The van der Waals surface area contributed by atoms with Crippen LogP contribution in [-0.4, -0.2) is 29.8 Å². The van der Waals surface area contributed by atoms with E-state index in [1.165, 1.54) is 16.7 Å². The van der Waals surface area contributed by atoms with Crippen LogP contribution in [0.1, 0.15) is 36.8 Å². The lowest BCUT2D eigenvalue weighted by Crippen LogP contribution is -2.36. The average molecular weight is 441 g/mol. The first-order chi connectivity index (χ1) is 14.5. The van der Waals surface area contributed by atoms with E-state index in [9.17, 15) is 9.59 Å². The Labute approximate surface area is 186 Å². The first kappa shape index (κ1) is 21.0. The molecule has 2 aromatic rings. The predicted molar refractivity (Wildman–Crippen MR) is 123 cm³/mol. The molecule has 0 spiro atoms. The monoisotopic (exact) mass is 440 g/mol. The Morgan fingerprint density at radius 2 is 1.53 bits per heavy atom.